The average Bonchev–Trinajstić information content (AvgIpc) is 2.30. The predicted molar refractivity (Wildman–Crippen MR) is 54.4 cm³/mol. The molecule has 0 unspecified atom stereocenters. The maximum Gasteiger partial charge on any atom is 0.352 e. The highest BCUT2D eigenvalue weighted by molar-refractivity contribution is 5.76. The van der Waals surface area contributed by atoms with E-state index in [0.29, 0.717) is 18.5 Å². The summed E-state index contributed by atoms with van der Waals surface area (Å²) in [5.41, 5.74) is -0.406. The first-order valence-electron chi connectivity index (χ1n) is 4.90. The molecule has 0 spiro atoms. The summed E-state index contributed by atoms with van der Waals surface area (Å²) in [5.74, 6) is -0.534. The molecule has 5 heteroatoms. The highest BCUT2D eigenvalue weighted by Crippen LogP contribution is 2.03. The van der Waals surface area contributed by atoms with Crippen molar-refractivity contribution in [3.05, 3.63) is 40.3 Å². The van der Waals surface area contributed by atoms with E-state index in [-0.39, 0.29) is 5.56 Å². The molecule has 82 valence electrons. The Labute approximate surface area is 91.2 Å². The first kappa shape index (κ1) is 10.4. The van der Waals surface area contributed by atoms with Gasteiger partial charge in [0.05, 0.1) is 18.6 Å². The van der Waals surface area contributed by atoms with Crippen LogP contribution in [0.4, 0.5) is 0 Å². The third-order valence-corrected chi connectivity index (χ3v) is 2.47. The quantitative estimate of drug-likeness (QED) is 0.504. The van der Waals surface area contributed by atoms with E-state index in [0.717, 1.165) is 0 Å². The maximum atomic E-state index is 11.8. The van der Waals surface area contributed by atoms with Crippen molar-refractivity contribution < 1.29 is 14.5 Å². The molecule has 0 atom stereocenters. The van der Waals surface area contributed by atoms with Crippen LogP contribution in [0.3, 0.4) is 0 Å². The van der Waals surface area contributed by atoms with Gasteiger partial charge in [0.1, 0.15) is 5.56 Å². The van der Waals surface area contributed by atoms with Crippen molar-refractivity contribution in [3.8, 4) is 5.88 Å². The molecule has 0 fully saturated rings. The Morgan fingerprint density at radius 1 is 1.50 bits per heavy atom. The number of aromatic nitrogens is 2. The maximum absolute atomic E-state index is 11.8. The van der Waals surface area contributed by atoms with Crippen LogP contribution in [0.1, 0.15) is 17.3 Å². The van der Waals surface area contributed by atoms with E-state index in [1.165, 1.54) is 15.2 Å². The molecular formula is C11H10N2O3. The standard InChI is InChI=1S/C11H10N2O3/c1-2-12-9-5-3-4-6-13(9)11(16)8(7-14)10(12)15/h3-7H,2H2,1H3. The Morgan fingerprint density at radius 2 is 2.25 bits per heavy atom. The van der Waals surface area contributed by atoms with Crippen molar-refractivity contribution in [2.24, 2.45) is 0 Å². The summed E-state index contributed by atoms with van der Waals surface area (Å²) in [7, 11) is 0. The molecule has 0 saturated carbocycles. The number of rotatable bonds is 2. The molecule has 0 aromatic carbocycles. The summed E-state index contributed by atoms with van der Waals surface area (Å²) in [4.78, 5) is 22.5. The zero-order valence-electron chi connectivity index (χ0n) is 8.71. The second-order valence-electron chi connectivity index (χ2n) is 3.31. The van der Waals surface area contributed by atoms with Gasteiger partial charge in [-0.1, -0.05) is 6.07 Å². The fourth-order valence-electron chi connectivity index (χ4n) is 1.70. The lowest BCUT2D eigenvalue weighted by molar-refractivity contribution is -0.713. The molecule has 2 rings (SSSR count). The molecule has 2 heterocycles. The van der Waals surface area contributed by atoms with Crippen molar-refractivity contribution in [1.82, 2.24) is 4.40 Å². The highest BCUT2D eigenvalue weighted by atomic mass is 16.3. The van der Waals surface area contributed by atoms with Gasteiger partial charge in [-0.05, 0) is 13.0 Å². The van der Waals surface area contributed by atoms with Gasteiger partial charge in [0, 0.05) is 6.07 Å². The van der Waals surface area contributed by atoms with E-state index in [2.05, 4.69) is 0 Å². The Hall–Kier alpha value is -2.17. The number of nitrogens with zero attached hydrogens (tertiary/aromatic N) is 2. The average molecular weight is 218 g/mol. The molecule has 0 radical (unpaired) electrons. The van der Waals surface area contributed by atoms with E-state index in [1.807, 2.05) is 0 Å². The van der Waals surface area contributed by atoms with Gasteiger partial charge in [-0.3, -0.25) is 4.79 Å². The van der Waals surface area contributed by atoms with Crippen molar-refractivity contribution in [2.75, 3.05) is 0 Å². The van der Waals surface area contributed by atoms with Crippen molar-refractivity contribution >= 4 is 11.9 Å². The Balaban J connectivity index is 3.06. The molecule has 0 aliphatic heterocycles. The van der Waals surface area contributed by atoms with Crippen molar-refractivity contribution in [2.45, 2.75) is 13.5 Å². The normalized spacial score (nSPS) is 10.6. The summed E-state index contributed by atoms with van der Waals surface area (Å²) in [6, 6.07) is 5.08. The molecule has 2 aromatic heterocycles. The number of hydrogen-bond acceptors (Lipinski definition) is 3. The highest BCUT2D eigenvalue weighted by Gasteiger charge is 2.16. The second-order valence-corrected chi connectivity index (χ2v) is 3.31. The molecule has 0 N–H and O–H groups in total. The molecule has 0 amide bonds. The summed E-state index contributed by atoms with van der Waals surface area (Å²) >= 11 is 0. The Morgan fingerprint density at radius 3 is 2.88 bits per heavy atom. The first-order valence-corrected chi connectivity index (χ1v) is 4.90. The van der Waals surface area contributed by atoms with Crippen LogP contribution in [0.5, 0.6) is 5.88 Å². The van der Waals surface area contributed by atoms with Crippen LogP contribution in [0.25, 0.3) is 5.65 Å². The third-order valence-electron chi connectivity index (χ3n) is 2.47. The van der Waals surface area contributed by atoms with E-state index in [4.69, 9.17) is 0 Å². The van der Waals surface area contributed by atoms with Gasteiger partial charge >= 0.3 is 5.56 Å². The molecule has 16 heavy (non-hydrogen) atoms. The number of aryl methyl sites for hydroxylation is 1. The van der Waals surface area contributed by atoms with Crippen LogP contribution in [-0.2, 0) is 6.54 Å². The van der Waals surface area contributed by atoms with Gasteiger partial charge in [-0.15, -0.1) is 0 Å². The number of hydrogen-bond donors (Lipinski definition) is 0. The SMILES string of the molecule is CC[n+]1c([O-])c(C=O)c(=O)n2ccccc21. The minimum absolute atomic E-state index is 0.316. The third kappa shape index (κ3) is 1.29. The molecular weight excluding hydrogens is 208 g/mol. The van der Waals surface area contributed by atoms with Gasteiger partial charge in [0.2, 0.25) is 0 Å². The van der Waals surface area contributed by atoms with E-state index in [9.17, 15) is 14.7 Å². The first-order chi connectivity index (χ1) is 7.70. The number of fused-ring (bicyclic) bond motifs is 1. The fraction of sp³-hybridized carbons (Fsp3) is 0.182. The molecule has 2 aromatic rings. The lowest BCUT2D eigenvalue weighted by atomic mass is 10.3. The van der Waals surface area contributed by atoms with Gasteiger partial charge in [-0.25, -0.2) is 9.36 Å². The molecule has 0 aliphatic rings. The van der Waals surface area contributed by atoms with Crippen molar-refractivity contribution in [1.29, 1.82) is 0 Å². The number of aldehydes is 1. The van der Waals surface area contributed by atoms with Crippen LogP contribution in [0.15, 0.2) is 29.2 Å². The smallest absolute Gasteiger partial charge is 0.352 e. The van der Waals surface area contributed by atoms with Crippen LogP contribution >= 0.6 is 0 Å². The molecule has 0 aliphatic carbocycles. The summed E-state index contributed by atoms with van der Waals surface area (Å²) in [5, 5.41) is 11.8. The zero-order chi connectivity index (χ0) is 11.7. The number of carbonyl (C=O) groups is 1. The van der Waals surface area contributed by atoms with Crippen LogP contribution < -0.4 is 15.2 Å². The summed E-state index contributed by atoms with van der Waals surface area (Å²) in [6.45, 7) is 2.20. The van der Waals surface area contributed by atoms with Gasteiger partial charge < -0.3 is 5.11 Å². The molecule has 0 saturated heterocycles. The predicted octanol–water partition coefficient (Wildman–Crippen LogP) is -0.507. The zero-order valence-corrected chi connectivity index (χ0v) is 8.71. The Kier molecular flexibility index (Phi) is 2.44. The van der Waals surface area contributed by atoms with Gasteiger partial charge in [0.25, 0.3) is 5.65 Å². The van der Waals surface area contributed by atoms with Crippen LogP contribution in [0.2, 0.25) is 0 Å². The van der Waals surface area contributed by atoms with Crippen molar-refractivity contribution in [3.63, 3.8) is 0 Å². The van der Waals surface area contributed by atoms with Gasteiger partial charge in [0.15, 0.2) is 6.29 Å². The number of carbonyl (C=O) groups excluding carboxylic acids is 1. The molecule has 5 nitrogen and oxygen atoms in total. The minimum atomic E-state index is -0.569. The monoisotopic (exact) mass is 218 g/mol. The van der Waals surface area contributed by atoms with E-state index in [1.54, 1.807) is 25.1 Å². The lowest BCUT2D eigenvalue weighted by Crippen LogP contribution is -2.44. The largest absolute Gasteiger partial charge is 0.842 e. The Bertz CT molecular complexity index is 616. The number of pyridine rings is 1. The fourth-order valence-corrected chi connectivity index (χ4v) is 1.70. The topological polar surface area (TPSA) is 65.5 Å². The summed E-state index contributed by atoms with van der Waals surface area (Å²) < 4.78 is 2.69. The summed E-state index contributed by atoms with van der Waals surface area (Å²) in [6.07, 6.45) is 1.85. The van der Waals surface area contributed by atoms with Crippen LogP contribution in [-0.4, -0.2) is 10.7 Å². The van der Waals surface area contributed by atoms with Gasteiger partial charge in [-0.2, -0.15) is 4.40 Å². The van der Waals surface area contributed by atoms with E-state index >= 15 is 0 Å². The molecule has 0 bridgehead atoms. The van der Waals surface area contributed by atoms with E-state index < -0.39 is 11.4 Å². The second kappa shape index (κ2) is 3.77. The van der Waals surface area contributed by atoms with Crippen LogP contribution in [0, 0.1) is 0 Å². The minimum Gasteiger partial charge on any atom is -0.842 e. The lowest BCUT2D eigenvalue weighted by Gasteiger charge is -2.12.